The van der Waals surface area contributed by atoms with Crippen LogP contribution in [-0.2, 0) is 9.53 Å². The fourth-order valence-electron chi connectivity index (χ4n) is 2.45. The van der Waals surface area contributed by atoms with Crippen molar-refractivity contribution in [1.29, 1.82) is 0 Å². The van der Waals surface area contributed by atoms with Gasteiger partial charge in [-0.05, 0) is 54.5 Å². The second kappa shape index (κ2) is 6.56. The molecule has 0 aliphatic carbocycles. The molecule has 0 N–H and O–H groups in total. The maximum Gasteiger partial charge on any atom is 0.308 e. The van der Waals surface area contributed by atoms with E-state index in [0.29, 0.717) is 25.9 Å². The first-order chi connectivity index (χ1) is 9.52. The van der Waals surface area contributed by atoms with Crippen LogP contribution in [0.25, 0.3) is 0 Å². The van der Waals surface area contributed by atoms with Crippen LogP contribution in [0.1, 0.15) is 28.8 Å². The van der Waals surface area contributed by atoms with Crippen molar-refractivity contribution in [1.82, 2.24) is 4.90 Å². The fourth-order valence-corrected chi connectivity index (χ4v) is 3.35. The lowest BCUT2D eigenvalue weighted by Crippen LogP contribution is -2.40. The highest BCUT2D eigenvalue weighted by Gasteiger charge is 2.28. The Morgan fingerprint density at radius 3 is 2.50 bits per heavy atom. The van der Waals surface area contributed by atoms with Crippen LogP contribution in [0, 0.1) is 16.4 Å². The van der Waals surface area contributed by atoms with Crippen molar-refractivity contribution in [2.24, 2.45) is 5.92 Å². The molecule has 1 saturated heterocycles. The van der Waals surface area contributed by atoms with Gasteiger partial charge in [0.05, 0.1) is 18.6 Å². The standard InChI is InChI=1S/C15H18INO3/c1-10-3-4-12(13(16)9-10)14(18)17-7-5-11(6-8-17)15(19)20-2/h3-4,9,11H,5-8H2,1-2H3. The monoisotopic (exact) mass is 387 g/mol. The van der Waals surface area contributed by atoms with Crippen LogP contribution in [-0.4, -0.2) is 37.0 Å². The molecule has 1 heterocycles. The molecule has 1 aliphatic heterocycles. The number of nitrogens with zero attached hydrogens (tertiary/aromatic N) is 1. The van der Waals surface area contributed by atoms with Gasteiger partial charge in [-0.15, -0.1) is 0 Å². The number of hydrogen-bond acceptors (Lipinski definition) is 3. The molecule has 4 nitrogen and oxygen atoms in total. The zero-order valence-corrected chi connectivity index (χ0v) is 13.8. The van der Waals surface area contributed by atoms with Gasteiger partial charge in [-0.2, -0.15) is 0 Å². The van der Waals surface area contributed by atoms with E-state index < -0.39 is 0 Å². The Labute approximate surface area is 132 Å². The minimum Gasteiger partial charge on any atom is -0.469 e. The Kier molecular flexibility index (Phi) is 5.01. The summed E-state index contributed by atoms with van der Waals surface area (Å²) in [7, 11) is 1.41. The van der Waals surface area contributed by atoms with Gasteiger partial charge in [-0.1, -0.05) is 11.6 Å². The first-order valence-electron chi connectivity index (χ1n) is 6.66. The van der Waals surface area contributed by atoms with E-state index in [0.717, 1.165) is 14.7 Å². The van der Waals surface area contributed by atoms with Crippen LogP contribution >= 0.6 is 22.6 Å². The lowest BCUT2D eigenvalue weighted by Gasteiger charge is -2.31. The van der Waals surface area contributed by atoms with E-state index >= 15 is 0 Å². The van der Waals surface area contributed by atoms with Gasteiger partial charge in [0.25, 0.3) is 5.91 Å². The molecule has 1 aliphatic rings. The van der Waals surface area contributed by atoms with Crippen molar-refractivity contribution in [3.63, 3.8) is 0 Å². The van der Waals surface area contributed by atoms with Gasteiger partial charge in [0.15, 0.2) is 0 Å². The van der Waals surface area contributed by atoms with E-state index in [1.54, 1.807) is 0 Å². The molecule has 5 heteroatoms. The number of esters is 1. The maximum absolute atomic E-state index is 12.5. The summed E-state index contributed by atoms with van der Waals surface area (Å²) in [6.45, 7) is 3.24. The Balaban J connectivity index is 2.03. The van der Waals surface area contributed by atoms with Crippen LogP contribution in [0.3, 0.4) is 0 Å². The van der Waals surface area contributed by atoms with Crippen molar-refractivity contribution in [2.75, 3.05) is 20.2 Å². The SMILES string of the molecule is COC(=O)C1CCN(C(=O)c2ccc(C)cc2I)CC1. The van der Waals surface area contributed by atoms with Crippen molar-refractivity contribution in [3.8, 4) is 0 Å². The summed E-state index contributed by atoms with van der Waals surface area (Å²) in [5, 5.41) is 0. The number of benzene rings is 1. The summed E-state index contributed by atoms with van der Waals surface area (Å²) in [6.07, 6.45) is 1.36. The number of carbonyl (C=O) groups excluding carboxylic acids is 2. The molecular weight excluding hydrogens is 369 g/mol. The third-order valence-corrected chi connectivity index (χ3v) is 4.56. The van der Waals surface area contributed by atoms with Crippen molar-refractivity contribution in [2.45, 2.75) is 19.8 Å². The number of hydrogen-bond donors (Lipinski definition) is 0. The number of ether oxygens (including phenoxy) is 1. The second-order valence-electron chi connectivity index (χ2n) is 5.07. The molecule has 0 atom stereocenters. The third-order valence-electron chi connectivity index (χ3n) is 3.67. The number of likely N-dealkylation sites (tertiary alicyclic amines) is 1. The zero-order valence-electron chi connectivity index (χ0n) is 11.7. The first kappa shape index (κ1) is 15.3. The molecule has 0 radical (unpaired) electrons. The molecule has 108 valence electrons. The first-order valence-corrected chi connectivity index (χ1v) is 7.74. The Bertz CT molecular complexity index is 522. The van der Waals surface area contributed by atoms with E-state index in [-0.39, 0.29) is 17.8 Å². The Hall–Kier alpha value is -1.11. The number of piperidine rings is 1. The van der Waals surface area contributed by atoms with Gasteiger partial charge in [0, 0.05) is 16.7 Å². The minimum absolute atomic E-state index is 0.0534. The van der Waals surface area contributed by atoms with Gasteiger partial charge in [0.2, 0.25) is 0 Å². The maximum atomic E-state index is 12.5. The summed E-state index contributed by atoms with van der Waals surface area (Å²) >= 11 is 2.20. The number of halogens is 1. The smallest absolute Gasteiger partial charge is 0.308 e. The molecule has 0 aromatic heterocycles. The van der Waals surface area contributed by atoms with E-state index in [9.17, 15) is 9.59 Å². The fraction of sp³-hybridized carbons (Fsp3) is 0.467. The lowest BCUT2D eigenvalue weighted by molar-refractivity contribution is -0.146. The average Bonchev–Trinajstić information content (AvgIpc) is 2.46. The topological polar surface area (TPSA) is 46.6 Å². The molecule has 20 heavy (non-hydrogen) atoms. The van der Waals surface area contributed by atoms with Gasteiger partial charge in [-0.3, -0.25) is 9.59 Å². The molecule has 1 aromatic carbocycles. The summed E-state index contributed by atoms with van der Waals surface area (Å²) in [5.74, 6) is -0.180. The number of amides is 1. The van der Waals surface area contributed by atoms with Crippen LogP contribution in [0.2, 0.25) is 0 Å². The largest absolute Gasteiger partial charge is 0.469 e. The lowest BCUT2D eigenvalue weighted by atomic mass is 9.96. The van der Waals surface area contributed by atoms with E-state index in [2.05, 4.69) is 22.6 Å². The van der Waals surface area contributed by atoms with Crippen LogP contribution in [0.4, 0.5) is 0 Å². The number of carbonyl (C=O) groups is 2. The molecule has 1 amide bonds. The van der Waals surface area contributed by atoms with Crippen LogP contribution < -0.4 is 0 Å². The summed E-state index contributed by atoms with van der Waals surface area (Å²) < 4.78 is 5.73. The van der Waals surface area contributed by atoms with Crippen molar-refractivity contribution >= 4 is 34.5 Å². The van der Waals surface area contributed by atoms with Crippen molar-refractivity contribution in [3.05, 3.63) is 32.9 Å². The van der Waals surface area contributed by atoms with Crippen LogP contribution in [0.5, 0.6) is 0 Å². The zero-order chi connectivity index (χ0) is 14.7. The molecule has 0 bridgehead atoms. The highest BCUT2D eigenvalue weighted by Crippen LogP contribution is 2.22. The normalized spacial score (nSPS) is 16.1. The Morgan fingerprint density at radius 2 is 1.95 bits per heavy atom. The van der Waals surface area contributed by atoms with Gasteiger partial charge >= 0.3 is 5.97 Å². The molecular formula is C15H18INO3. The Morgan fingerprint density at radius 1 is 1.30 bits per heavy atom. The highest BCUT2D eigenvalue weighted by atomic mass is 127. The molecule has 2 rings (SSSR count). The van der Waals surface area contributed by atoms with Crippen molar-refractivity contribution < 1.29 is 14.3 Å². The average molecular weight is 387 g/mol. The molecule has 0 spiro atoms. The van der Waals surface area contributed by atoms with Gasteiger partial charge in [0.1, 0.15) is 0 Å². The second-order valence-corrected chi connectivity index (χ2v) is 6.24. The summed E-state index contributed by atoms with van der Waals surface area (Å²) in [6, 6.07) is 5.84. The van der Waals surface area contributed by atoms with Crippen LogP contribution in [0.15, 0.2) is 18.2 Å². The van der Waals surface area contributed by atoms with Gasteiger partial charge in [-0.25, -0.2) is 0 Å². The predicted molar refractivity (Wildman–Crippen MR) is 84.5 cm³/mol. The summed E-state index contributed by atoms with van der Waals surface area (Å²) in [5.41, 5.74) is 1.89. The molecule has 1 fully saturated rings. The number of methoxy groups -OCH3 is 1. The number of rotatable bonds is 2. The summed E-state index contributed by atoms with van der Waals surface area (Å²) in [4.78, 5) is 25.8. The highest BCUT2D eigenvalue weighted by molar-refractivity contribution is 14.1. The van der Waals surface area contributed by atoms with E-state index in [4.69, 9.17) is 4.74 Å². The predicted octanol–water partition coefficient (Wildman–Crippen LogP) is 2.62. The molecule has 1 aromatic rings. The minimum atomic E-state index is -0.165. The molecule has 0 unspecified atom stereocenters. The molecule has 0 saturated carbocycles. The third kappa shape index (κ3) is 3.31. The number of aryl methyl sites for hydroxylation is 1. The van der Waals surface area contributed by atoms with E-state index in [1.165, 1.54) is 7.11 Å². The quantitative estimate of drug-likeness (QED) is 0.579. The van der Waals surface area contributed by atoms with E-state index in [1.807, 2.05) is 30.0 Å². The van der Waals surface area contributed by atoms with Gasteiger partial charge < -0.3 is 9.64 Å².